The van der Waals surface area contributed by atoms with Crippen molar-refractivity contribution in [2.75, 3.05) is 31.1 Å². The first-order valence-electron chi connectivity index (χ1n) is 8.07. The molecule has 3 rings (SSSR count). The van der Waals surface area contributed by atoms with Crippen molar-refractivity contribution in [2.24, 2.45) is 0 Å². The lowest BCUT2D eigenvalue weighted by molar-refractivity contribution is -0.130. The van der Waals surface area contributed by atoms with Crippen LogP contribution in [0.1, 0.15) is 11.1 Å². The lowest BCUT2D eigenvalue weighted by Crippen LogP contribution is -2.49. The molecule has 2 aromatic rings. The molecule has 0 spiro atoms. The predicted molar refractivity (Wildman–Crippen MR) is 97.8 cm³/mol. The van der Waals surface area contributed by atoms with Gasteiger partial charge in [0, 0.05) is 36.3 Å². The summed E-state index contributed by atoms with van der Waals surface area (Å²) in [5.74, 6) is -0.321. The Morgan fingerprint density at radius 2 is 1.83 bits per heavy atom. The number of anilines is 1. The molecule has 1 amide bonds. The number of benzene rings is 2. The summed E-state index contributed by atoms with van der Waals surface area (Å²) < 4.78 is 14.8. The second kappa shape index (κ2) is 7.34. The third-order valence-corrected chi connectivity index (χ3v) is 5.31. The smallest absolute Gasteiger partial charge is 0.227 e. The van der Waals surface area contributed by atoms with E-state index < -0.39 is 0 Å². The Morgan fingerprint density at radius 1 is 1.12 bits per heavy atom. The van der Waals surface area contributed by atoms with Crippen molar-refractivity contribution >= 4 is 27.5 Å². The van der Waals surface area contributed by atoms with E-state index in [0.717, 1.165) is 23.2 Å². The van der Waals surface area contributed by atoms with Crippen LogP contribution in [0, 0.1) is 12.7 Å². The summed E-state index contributed by atoms with van der Waals surface area (Å²) in [6.07, 6.45) is 0.128. The first kappa shape index (κ1) is 17.0. The van der Waals surface area contributed by atoms with Gasteiger partial charge in [0.1, 0.15) is 5.82 Å². The van der Waals surface area contributed by atoms with Crippen molar-refractivity contribution in [3.8, 4) is 0 Å². The largest absolute Gasteiger partial charge is 0.368 e. The number of carbonyl (C=O) groups excluding carboxylic acids is 1. The van der Waals surface area contributed by atoms with Crippen LogP contribution in [0.5, 0.6) is 0 Å². The molecule has 0 radical (unpaired) electrons. The second-order valence-corrected chi connectivity index (χ2v) is 6.92. The van der Waals surface area contributed by atoms with Gasteiger partial charge in [-0.3, -0.25) is 4.79 Å². The fourth-order valence-electron chi connectivity index (χ4n) is 2.91. The van der Waals surface area contributed by atoms with Gasteiger partial charge in [0.25, 0.3) is 0 Å². The van der Waals surface area contributed by atoms with Gasteiger partial charge < -0.3 is 9.80 Å². The Balaban J connectivity index is 1.59. The molecule has 0 aliphatic carbocycles. The van der Waals surface area contributed by atoms with E-state index >= 15 is 0 Å². The van der Waals surface area contributed by atoms with Crippen LogP contribution in [0.2, 0.25) is 0 Å². The van der Waals surface area contributed by atoms with Gasteiger partial charge in [-0.05, 0) is 36.2 Å². The highest BCUT2D eigenvalue weighted by molar-refractivity contribution is 9.10. The molecule has 0 bridgehead atoms. The van der Waals surface area contributed by atoms with E-state index in [4.69, 9.17) is 0 Å². The number of carbonyl (C=O) groups is 1. The van der Waals surface area contributed by atoms with Gasteiger partial charge in [-0.1, -0.05) is 40.2 Å². The van der Waals surface area contributed by atoms with Gasteiger partial charge in [-0.15, -0.1) is 0 Å². The van der Waals surface area contributed by atoms with Gasteiger partial charge in [0.2, 0.25) is 5.91 Å². The molecular weight excluding hydrogens is 371 g/mol. The first-order chi connectivity index (χ1) is 11.5. The number of amides is 1. The van der Waals surface area contributed by atoms with Gasteiger partial charge in [0.15, 0.2) is 0 Å². The topological polar surface area (TPSA) is 23.6 Å². The molecule has 5 heteroatoms. The van der Waals surface area contributed by atoms with E-state index in [1.807, 2.05) is 4.90 Å². The Hall–Kier alpha value is -1.88. The van der Waals surface area contributed by atoms with Gasteiger partial charge in [-0.2, -0.15) is 0 Å². The lowest BCUT2D eigenvalue weighted by Gasteiger charge is -2.36. The highest BCUT2D eigenvalue weighted by Crippen LogP contribution is 2.24. The average molecular weight is 391 g/mol. The normalized spacial score (nSPS) is 14.8. The zero-order chi connectivity index (χ0) is 17.1. The molecule has 0 aromatic heterocycles. The van der Waals surface area contributed by atoms with Crippen molar-refractivity contribution in [1.29, 1.82) is 0 Å². The number of hydrogen-bond donors (Lipinski definition) is 0. The fraction of sp³-hybridized carbons (Fsp3) is 0.316. The van der Waals surface area contributed by atoms with E-state index in [9.17, 15) is 9.18 Å². The molecule has 24 heavy (non-hydrogen) atoms. The van der Waals surface area contributed by atoms with Crippen LogP contribution in [0.25, 0.3) is 0 Å². The Bertz CT molecular complexity index is 742. The molecule has 2 aromatic carbocycles. The average Bonchev–Trinajstić information content (AvgIpc) is 2.59. The summed E-state index contributed by atoms with van der Waals surface area (Å²) in [4.78, 5) is 16.5. The molecular formula is C19H20BrFN2O. The minimum atomic E-state index is -0.311. The van der Waals surface area contributed by atoms with Gasteiger partial charge in [-0.25, -0.2) is 4.39 Å². The molecule has 1 fully saturated rings. The molecule has 1 aliphatic rings. The molecule has 1 saturated heterocycles. The van der Waals surface area contributed by atoms with Crippen molar-refractivity contribution in [3.05, 3.63) is 63.9 Å². The molecule has 126 valence electrons. The standard InChI is InChI=1S/C19H20BrFN2O/c1-14-6-7-16(13-17(14)20)22-8-10-23(11-9-22)19(24)12-15-4-2-3-5-18(15)21/h2-7,13H,8-12H2,1H3. The van der Waals surface area contributed by atoms with Crippen LogP contribution >= 0.6 is 15.9 Å². The number of piperazine rings is 1. The molecule has 0 atom stereocenters. The van der Waals surface area contributed by atoms with Crippen LogP contribution in [-0.4, -0.2) is 37.0 Å². The van der Waals surface area contributed by atoms with Gasteiger partial charge >= 0.3 is 0 Å². The van der Waals surface area contributed by atoms with Crippen LogP contribution in [0.4, 0.5) is 10.1 Å². The third kappa shape index (κ3) is 3.78. The van der Waals surface area contributed by atoms with E-state index in [0.29, 0.717) is 18.7 Å². The summed E-state index contributed by atoms with van der Waals surface area (Å²) in [5.41, 5.74) is 2.83. The quantitative estimate of drug-likeness (QED) is 0.795. The molecule has 0 saturated carbocycles. The highest BCUT2D eigenvalue weighted by atomic mass is 79.9. The van der Waals surface area contributed by atoms with E-state index in [1.165, 1.54) is 11.6 Å². The number of halogens is 2. The summed E-state index contributed by atoms with van der Waals surface area (Å²) in [6.45, 7) is 4.97. The number of hydrogen-bond acceptors (Lipinski definition) is 2. The Kier molecular flexibility index (Phi) is 5.19. The first-order valence-corrected chi connectivity index (χ1v) is 8.86. The molecule has 0 N–H and O–H groups in total. The van der Waals surface area contributed by atoms with Crippen LogP contribution < -0.4 is 4.90 Å². The molecule has 0 unspecified atom stereocenters. The molecule has 3 nitrogen and oxygen atoms in total. The van der Waals surface area contributed by atoms with Crippen molar-refractivity contribution in [1.82, 2.24) is 4.90 Å². The van der Waals surface area contributed by atoms with Crippen molar-refractivity contribution in [2.45, 2.75) is 13.3 Å². The Labute approximate surface area is 150 Å². The van der Waals surface area contributed by atoms with Crippen LogP contribution in [0.3, 0.4) is 0 Å². The van der Waals surface area contributed by atoms with Crippen LogP contribution in [-0.2, 0) is 11.2 Å². The zero-order valence-corrected chi connectivity index (χ0v) is 15.2. The predicted octanol–water partition coefficient (Wildman–Crippen LogP) is 3.79. The summed E-state index contributed by atoms with van der Waals surface area (Å²) >= 11 is 3.56. The number of aryl methyl sites for hydroxylation is 1. The maximum Gasteiger partial charge on any atom is 0.227 e. The SMILES string of the molecule is Cc1ccc(N2CCN(C(=O)Cc3ccccc3F)CC2)cc1Br. The third-order valence-electron chi connectivity index (χ3n) is 4.45. The molecule has 1 heterocycles. The zero-order valence-electron chi connectivity index (χ0n) is 13.6. The molecule has 1 aliphatic heterocycles. The van der Waals surface area contributed by atoms with Crippen LogP contribution in [0.15, 0.2) is 46.9 Å². The monoisotopic (exact) mass is 390 g/mol. The highest BCUT2D eigenvalue weighted by Gasteiger charge is 2.22. The van der Waals surface area contributed by atoms with Crippen molar-refractivity contribution in [3.63, 3.8) is 0 Å². The van der Waals surface area contributed by atoms with Gasteiger partial charge in [0.05, 0.1) is 6.42 Å². The van der Waals surface area contributed by atoms with E-state index in [2.05, 4.69) is 46.0 Å². The second-order valence-electron chi connectivity index (χ2n) is 6.07. The van der Waals surface area contributed by atoms with E-state index in [1.54, 1.807) is 18.2 Å². The summed E-state index contributed by atoms with van der Waals surface area (Å²) in [5, 5.41) is 0. The summed E-state index contributed by atoms with van der Waals surface area (Å²) in [6, 6.07) is 12.8. The number of nitrogens with zero attached hydrogens (tertiary/aromatic N) is 2. The fourth-order valence-corrected chi connectivity index (χ4v) is 3.28. The Morgan fingerprint density at radius 3 is 2.50 bits per heavy atom. The maximum absolute atomic E-state index is 13.7. The maximum atomic E-state index is 13.7. The van der Waals surface area contributed by atoms with E-state index in [-0.39, 0.29) is 18.1 Å². The lowest BCUT2D eigenvalue weighted by atomic mass is 10.1. The number of rotatable bonds is 3. The summed E-state index contributed by atoms with van der Waals surface area (Å²) in [7, 11) is 0. The minimum absolute atomic E-state index is 0.00941. The minimum Gasteiger partial charge on any atom is -0.368 e. The van der Waals surface area contributed by atoms with Crippen molar-refractivity contribution < 1.29 is 9.18 Å².